The Morgan fingerprint density at radius 2 is 1.39 bits per heavy atom. The molecule has 4 aromatic carbocycles. The Morgan fingerprint density at radius 3 is 2.08 bits per heavy atom. The third kappa shape index (κ3) is 8.86. The highest BCUT2D eigenvalue weighted by Gasteiger charge is 2.36. The smallest absolute Gasteiger partial charge is 0.323 e. The molecule has 3 N–H and O–H groups in total. The third-order valence-electron chi connectivity index (χ3n) is 9.75. The summed E-state index contributed by atoms with van der Waals surface area (Å²) in [4.78, 5) is 18.1. The summed E-state index contributed by atoms with van der Waals surface area (Å²) in [5.74, 6) is 1.44. The Balaban J connectivity index is 0.985. The first-order valence-corrected chi connectivity index (χ1v) is 17.6. The number of urea groups is 1. The first-order valence-electron chi connectivity index (χ1n) is 17.6. The Hall–Kier alpha value is -4.25. The van der Waals surface area contributed by atoms with E-state index in [4.69, 9.17) is 14.2 Å². The summed E-state index contributed by atoms with van der Waals surface area (Å²) in [7, 11) is 0. The number of hydrogen-bond donors (Lipinski definition) is 3. The fourth-order valence-electron chi connectivity index (χ4n) is 7.15. The number of hydrogen-bond acceptors (Lipinski definition) is 7. The van der Waals surface area contributed by atoms with Crippen LogP contribution in [0.5, 0.6) is 11.5 Å². The molecule has 2 amide bonds. The van der Waals surface area contributed by atoms with Gasteiger partial charge in [0.15, 0.2) is 6.29 Å². The fraction of sp³-hybridized carbons (Fsp3) is 0.375. The van der Waals surface area contributed by atoms with Gasteiger partial charge in [-0.05, 0) is 105 Å². The number of aliphatic hydroxyl groups excluding tert-OH is 1. The van der Waals surface area contributed by atoms with Gasteiger partial charge in [-0.2, -0.15) is 0 Å². The lowest BCUT2D eigenvalue weighted by Gasteiger charge is -2.39. The van der Waals surface area contributed by atoms with Crippen molar-refractivity contribution in [2.45, 2.75) is 63.3 Å². The molecule has 0 radical (unpaired) electrons. The average molecular weight is 663 g/mol. The molecule has 0 aromatic heterocycles. The van der Waals surface area contributed by atoms with Crippen LogP contribution in [-0.4, -0.2) is 65.8 Å². The van der Waals surface area contributed by atoms with Crippen LogP contribution in [0.2, 0.25) is 0 Å². The highest BCUT2D eigenvalue weighted by Crippen LogP contribution is 2.39. The van der Waals surface area contributed by atoms with Crippen LogP contribution in [0, 0.1) is 0 Å². The highest BCUT2D eigenvalue weighted by molar-refractivity contribution is 5.99. The van der Waals surface area contributed by atoms with Gasteiger partial charge in [-0.15, -0.1) is 0 Å². The summed E-state index contributed by atoms with van der Waals surface area (Å²) in [6.07, 6.45) is 5.19. The predicted octanol–water partition coefficient (Wildman–Crippen LogP) is 7.72. The molecule has 3 heterocycles. The van der Waals surface area contributed by atoms with Crippen molar-refractivity contribution in [1.82, 2.24) is 9.80 Å². The van der Waals surface area contributed by atoms with E-state index in [0.717, 1.165) is 48.5 Å². The molecule has 0 saturated carbocycles. The van der Waals surface area contributed by atoms with E-state index in [2.05, 4.69) is 32.6 Å². The zero-order valence-corrected chi connectivity index (χ0v) is 27.9. The number of anilines is 2. The molecule has 0 bridgehead atoms. The number of para-hydroxylation sites is 1. The van der Waals surface area contributed by atoms with Crippen molar-refractivity contribution < 1.29 is 24.1 Å². The SMILES string of the molecule is O=C(Nc1ccc(Oc2ccccc2)cc1)Nc1ccc(C2OC(CN3CCCC3CN3CCCC3)CC(c3ccc(CO)cc3)O2)cc1. The lowest BCUT2D eigenvalue weighted by molar-refractivity contribution is -0.253. The number of aliphatic hydroxyl groups is 1. The number of carbonyl (C=O) groups is 1. The van der Waals surface area contributed by atoms with Crippen LogP contribution in [0.4, 0.5) is 16.2 Å². The van der Waals surface area contributed by atoms with Gasteiger partial charge in [0.1, 0.15) is 11.5 Å². The number of amides is 2. The number of likely N-dealkylation sites (tertiary alicyclic amines) is 2. The molecule has 3 saturated heterocycles. The summed E-state index contributed by atoms with van der Waals surface area (Å²) in [5, 5.41) is 15.4. The van der Waals surface area contributed by atoms with Gasteiger partial charge in [0, 0.05) is 42.5 Å². The van der Waals surface area contributed by atoms with E-state index >= 15 is 0 Å². The highest BCUT2D eigenvalue weighted by atomic mass is 16.7. The number of carbonyl (C=O) groups excluding carboxylic acids is 1. The van der Waals surface area contributed by atoms with Gasteiger partial charge >= 0.3 is 6.03 Å². The lowest BCUT2D eigenvalue weighted by Crippen LogP contribution is -2.45. The van der Waals surface area contributed by atoms with Crippen molar-refractivity contribution >= 4 is 17.4 Å². The third-order valence-corrected chi connectivity index (χ3v) is 9.75. The summed E-state index contributed by atoms with van der Waals surface area (Å²) in [6, 6.07) is 32.7. The monoisotopic (exact) mass is 662 g/mol. The molecule has 4 unspecified atom stereocenters. The second kappa shape index (κ2) is 16.0. The zero-order valence-electron chi connectivity index (χ0n) is 27.9. The molecular weight excluding hydrogens is 616 g/mol. The van der Waals surface area contributed by atoms with Crippen LogP contribution in [0.3, 0.4) is 0 Å². The van der Waals surface area contributed by atoms with Gasteiger partial charge in [0.2, 0.25) is 0 Å². The Bertz CT molecular complexity index is 1630. The molecule has 0 spiro atoms. The van der Waals surface area contributed by atoms with Gasteiger partial charge in [-0.1, -0.05) is 54.6 Å². The topological polar surface area (TPSA) is 95.5 Å². The molecule has 0 aliphatic carbocycles. The fourth-order valence-corrected chi connectivity index (χ4v) is 7.15. The van der Waals surface area contributed by atoms with E-state index in [1.165, 1.54) is 38.8 Å². The summed E-state index contributed by atoms with van der Waals surface area (Å²) >= 11 is 0. The van der Waals surface area contributed by atoms with Crippen molar-refractivity contribution in [2.24, 2.45) is 0 Å². The average Bonchev–Trinajstić information content (AvgIpc) is 3.82. The van der Waals surface area contributed by atoms with E-state index in [9.17, 15) is 9.90 Å². The Morgan fingerprint density at radius 1 is 0.735 bits per heavy atom. The number of nitrogens with zero attached hydrogens (tertiary/aromatic N) is 2. The number of rotatable bonds is 11. The second-order valence-corrected chi connectivity index (χ2v) is 13.3. The maximum absolute atomic E-state index is 12.8. The maximum atomic E-state index is 12.8. The van der Waals surface area contributed by atoms with Crippen molar-refractivity contribution in [3.63, 3.8) is 0 Å². The molecule has 49 heavy (non-hydrogen) atoms. The quantitative estimate of drug-likeness (QED) is 0.151. The summed E-state index contributed by atoms with van der Waals surface area (Å²) < 4.78 is 19.1. The van der Waals surface area contributed by atoms with E-state index in [1.807, 2.05) is 78.9 Å². The largest absolute Gasteiger partial charge is 0.457 e. The number of benzene rings is 4. The van der Waals surface area contributed by atoms with Gasteiger partial charge in [0.05, 0.1) is 18.8 Å². The molecule has 9 nitrogen and oxygen atoms in total. The van der Waals surface area contributed by atoms with E-state index in [1.54, 1.807) is 12.1 Å². The Labute approximate surface area is 288 Å². The van der Waals surface area contributed by atoms with Crippen LogP contribution in [0.15, 0.2) is 103 Å². The molecule has 3 fully saturated rings. The summed E-state index contributed by atoms with van der Waals surface area (Å²) in [6.45, 7) is 5.58. The number of nitrogens with one attached hydrogen (secondary N) is 2. The summed E-state index contributed by atoms with van der Waals surface area (Å²) in [5.41, 5.74) is 4.18. The van der Waals surface area contributed by atoms with Crippen molar-refractivity contribution in [3.8, 4) is 11.5 Å². The molecule has 3 aliphatic heterocycles. The molecule has 256 valence electrons. The zero-order chi connectivity index (χ0) is 33.4. The molecule has 9 heteroatoms. The molecule has 7 rings (SSSR count). The molecule has 4 atom stereocenters. The molecule has 3 aliphatic rings. The standard InChI is InChI=1S/C40H46N4O5/c45-28-29-10-12-30(13-11-29)38-25-37(27-44-24-6-7-34(44)26-43-22-4-5-23-43)48-39(49-38)31-14-16-32(17-15-31)41-40(46)42-33-18-20-36(21-19-33)47-35-8-2-1-3-9-35/h1-3,8-21,34,37-39,45H,4-7,22-28H2,(H2,41,42,46). The Kier molecular flexibility index (Phi) is 10.8. The van der Waals surface area contributed by atoms with E-state index in [-0.39, 0.29) is 24.8 Å². The van der Waals surface area contributed by atoms with Crippen molar-refractivity contribution in [2.75, 3.05) is 43.4 Å². The van der Waals surface area contributed by atoms with Crippen LogP contribution >= 0.6 is 0 Å². The van der Waals surface area contributed by atoms with Gasteiger partial charge in [-0.3, -0.25) is 4.90 Å². The predicted molar refractivity (Wildman–Crippen MR) is 191 cm³/mol. The lowest BCUT2D eigenvalue weighted by atomic mass is 9.99. The first kappa shape index (κ1) is 33.3. The van der Waals surface area contributed by atoms with Crippen molar-refractivity contribution in [3.05, 3.63) is 120 Å². The number of ether oxygens (including phenoxy) is 3. The van der Waals surface area contributed by atoms with Crippen LogP contribution in [0.1, 0.15) is 61.2 Å². The minimum Gasteiger partial charge on any atom is -0.457 e. The minimum absolute atomic E-state index is 0.00788. The van der Waals surface area contributed by atoms with Gasteiger partial charge < -0.3 is 34.9 Å². The van der Waals surface area contributed by atoms with Crippen molar-refractivity contribution in [1.29, 1.82) is 0 Å². The first-order chi connectivity index (χ1) is 24.1. The second-order valence-electron chi connectivity index (χ2n) is 13.3. The van der Waals surface area contributed by atoms with Gasteiger partial charge in [0.25, 0.3) is 0 Å². The van der Waals surface area contributed by atoms with Crippen LogP contribution < -0.4 is 15.4 Å². The van der Waals surface area contributed by atoms with Gasteiger partial charge in [-0.25, -0.2) is 4.79 Å². The minimum atomic E-state index is -0.541. The maximum Gasteiger partial charge on any atom is 0.323 e. The van der Waals surface area contributed by atoms with Crippen LogP contribution in [-0.2, 0) is 16.1 Å². The molecule has 4 aromatic rings. The van der Waals surface area contributed by atoms with E-state index in [0.29, 0.717) is 23.2 Å². The van der Waals surface area contributed by atoms with Crippen LogP contribution in [0.25, 0.3) is 0 Å². The normalized spacial score (nSPS) is 23.0. The molecular formula is C40H46N4O5. The van der Waals surface area contributed by atoms with E-state index < -0.39 is 6.29 Å².